The highest BCUT2D eigenvalue weighted by atomic mass is 35.5. The fraction of sp³-hybridized carbons (Fsp3) is 0.273. The molecule has 0 fully saturated rings. The molecular formula is C11H11ClN2OS. The molecule has 2 rings (SSSR count). The maximum Gasteiger partial charge on any atom is 0.183 e. The van der Waals surface area contributed by atoms with Gasteiger partial charge in [-0.05, 0) is 12.1 Å². The molecule has 0 aliphatic rings. The third-order valence-corrected chi connectivity index (χ3v) is 3.09. The van der Waals surface area contributed by atoms with Gasteiger partial charge in [0.1, 0.15) is 0 Å². The third kappa shape index (κ3) is 3.56. The van der Waals surface area contributed by atoms with Gasteiger partial charge < -0.3 is 4.74 Å². The van der Waals surface area contributed by atoms with Gasteiger partial charge >= 0.3 is 0 Å². The Balaban J connectivity index is 1.69. The van der Waals surface area contributed by atoms with E-state index in [0.717, 1.165) is 17.0 Å². The summed E-state index contributed by atoms with van der Waals surface area (Å²) >= 11 is 7.16. The van der Waals surface area contributed by atoms with E-state index >= 15 is 0 Å². The van der Waals surface area contributed by atoms with Crippen molar-refractivity contribution in [3.05, 3.63) is 45.6 Å². The van der Waals surface area contributed by atoms with Crippen LogP contribution >= 0.6 is 22.9 Å². The molecule has 5 heteroatoms. The van der Waals surface area contributed by atoms with Crippen LogP contribution in [0.1, 0.15) is 10.6 Å². The fourth-order valence-electron chi connectivity index (χ4n) is 1.25. The van der Waals surface area contributed by atoms with Crippen LogP contribution < -0.4 is 0 Å². The molecule has 0 bridgehead atoms. The number of hydrogen-bond acceptors (Lipinski definition) is 4. The molecule has 2 heterocycles. The Labute approximate surface area is 103 Å². The quantitative estimate of drug-likeness (QED) is 0.770. The van der Waals surface area contributed by atoms with E-state index in [-0.39, 0.29) is 0 Å². The molecule has 0 aliphatic heterocycles. The second kappa shape index (κ2) is 5.94. The number of aromatic nitrogens is 2. The predicted octanol–water partition coefficient (Wildman–Crippen LogP) is 2.95. The maximum absolute atomic E-state index is 5.71. The van der Waals surface area contributed by atoms with Crippen LogP contribution in [0.3, 0.4) is 0 Å². The zero-order valence-corrected chi connectivity index (χ0v) is 10.2. The molecule has 2 aromatic heterocycles. The van der Waals surface area contributed by atoms with Gasteiger partial charge in [0.05, 0.1) is 18.1 Å². The SMILES string of the molecule is Clc1ncc(COCCc2ccccn2)s1. The lowest BCUT2D eigenvalue weighted by molar-refractivity contribution is 0.125. The first-order valence-corrected chi connectivity index (χ1v) is 6.12. The van der Waals surface area contributed by atoms with E-state index < -0.39 is 0 Å². The normalized spacial score (nSPS) is 10.6. The van der Waals surface area contributed by atoms with Gasteiger partial charge in [-0.1, -0.05) is 17.7 Å². The summed E-state index contributed by atoms with van der Waals surface area (Å²) in [5, 5.41) is 0. The average Bonchev–Trinajstić information content (AvgIpc) is 2.72. The van der Waals surface area contributed by atoms with Crippen molar-refractivity contribution in [1.82, 2.24) is 9.97 Å². The first-order valence-electron chi connectivity index (χ1n) is 4.92. The topological polar surface area (TPSA) is 35.0 Å². The minimum Gasteiger partial charge on any atom is -0.375 e. The largest absolute Gasteiger partial charge is 0.375 e. The lowest BCUT2D eigenvalue weighted by Gasteiger charge is -2.01. The summed E-state index contributed by atoms with van der Waals surface area (Å²) in [6.45, 7) is 1.23. The number of halogens is 1. The minimum atomic E-state index is 0.559. The van der Waals surface area contributed by atoms with E-state index in [0.29, 0.717) is 17.7 Å². The Morgan fingerprint density at radius 1 is 1.31 bits per heavy atom. The predicted molar refractivity (Wildman–Crippen MR) is 64.7 cm³/mol. The fourth-order valence-corrected chi connectivity index (χ4v) is 2.16. The Hall–Kier alpha value is -0.970. The molecule has 0 N–H and O–H groups in total. The van der Waals surface area contributed by atoms with E-state index in [4.69, 9.17) is 16.3 Å². The highest BCUT2D eigenvalue weighted by Gasteiger charge is 1.99. The zero-order chi connectivity index (χ0) is 11.2. The number of hydrogen-bond donors (Lipinski definition) is 0. The molecule has 0 saturated heterocycles. The Morgan fingerprint density at radius 2 is 2.25 bits per heavy atom. The molecule has 0 aliphatic carbocycles. The van der Waals surface area contributed by atoms with Gasteiger partial charge in [0, 0.05) is 24.5 Å². The van der Waals surface area contributed by atoms with Crippen LogP contribution in [-0.2, 0) is 17.8 Å². The number of ether oxygens (including phenoxy) is 1. The molecule has 0 atom stereocenters. The van der Waals surface area contributed by atoms with Crippen LogP contribution in [0.5, 0.6) is 0 Å². The Bertz CT molecular complexity index is 433. The number of rotatable bonds is 5. The second-order valence-electron chi connectivity index (χ2n) is 3.20. The van der Waals surface area contributed by atoms with Crippen molar-refractivity contribution in [2.24, 2.45) is 0 Å². The zero-order valence-electron chi connectivity index (χ0n) is 8.60. The van der Waals surface area contributed by atoms with Crippen LogP contribution in [0.2, 0.25) is 4.47 Å². The monoisotopic (exact) mass is 254 g/mol. The van der Waals surface area contributed by atoms with Gasteiger partial charge in [-0.15, -0.1) is 11.3 Å². The first-order chi connectivity index (χ1) is 7.84. The molecule has 0 radical (unpaired) electrons. The molecule has 0 unspecified atom stereocenters. The summed E-state index contributed by atoms with van der Waals surface area (Å²) in [5.41, 5.74) is 1.05. The van der Waals surface area contributed by atoms with Crippen molar-refractivity contribution < 1.29 is 4.74 Å². The van der Waals surface area contributed by atoms with E-state index in [2.05, 4.69) is 9.97 Å². The van der Waals surface area contributed by atoms with Crippen LogP contribution in [0.15, 0.2) is 30.6 Å². The summed E-state index contributed by atoms with van der Waals surface area (Å²) < 4.78 is 6.07. The highest BCUT2D eigenvalue weighted by molar-refractivity contribution is 7.15. The summed E-state index contributed by atoms with van der Waals surface area (Å²) in [7, 11) is 0. The average molecular weight is 255 g/mol. The lowest BCUT2D eigenvalue weighted by atomic mass is 10.3. The Morgan fingerprint density at radius 3 is 2.94 bits per heavy atom. The second-order valence-corrected chi connectivity index (χ2v) is 4.90. The van der Waals surface area contributed by atoms with E-state index in [1.54, 1.807) is 12.4 Å². The van der Waals surface area contributed by atoms with E-state index in [1.165, 1.54) is 11.3 Å². The minimum absolute atomic E-state index is 0.559. The summed E-state index contributed by atoms with van der Waals surface area (Å²) in [5.74, 6) is 0. The van der Waals surface area contributed by atoms with Gasteiger partial charge in [0.2, 0.25) is 0 Å². The van der Waals surface area contributed by atoms with Crippen LogP contribution in [0.25, 0.3) is 0 Å². The van der Waals surface area contributed by atoms with Crippen LogP contribution in [0, 0.1) is 0 Å². The van der Waals surface area contributed by atoms with Crippen molar-refractivity contribution in [3.8, 4) is 0 Å². The molecule has 2 aromatic rings. The number of nitrogens with zero attached hydrogens (tertiary/aromatic N) is 2. The molecule has 3 nitrogen and oxygen atoms in total. The van der Waals surface area contributed by atoms with Gasteiger partial charge in [0.25, 0.3) is 0 Å². The summed E-state index contributed by atoms with van der Waals surface area (Å²) in [6.07, 6.45) is 4.36. The van der Waals surface area contributed by atoms with E-state index in [1.807, 2.05) is 18.2 Å². The third-order valence-electron chi connectivity index (χ3n) is 2.00. The Kier molecular flexibility index (Phi) is 4.27. The number of pyridine rings is 1. The molecule has 0 aromatic carbocycles. The van der Waals surface area contributed by atoms with E-state index in [9.17, 15) is 0 Å². The molecular weight excluding hydrogens is 244 g/mol. The molecule has 16 heavy (non-hydrogen) atoms. The van der Waals surface area contributed by atoms with Gasteiger partial charge in [-0.3, -0.25) is 4.98 Å². The first kappa shape index (κ1) is 11.5. The van der Waals surface area contributed by atoms with Crippen LogP contribution in [0.4, 0.5) is 0 Å². The molecule has 0 saturated carbocycles. The molecule has 0 amide bonds. The van der Waals surface area contributed by atoms with Crippen molar-refractivity contribution in [3.63, 3.8) is 0 Å². The van der Waals surface area contributed by atoms with Gasteiger partial charge in [-0.25, -0.2) is 4.98 Å². The highest BCUT2D eigenvalue weighted by Crippen LogP contribution is 2.18. The van der Waals surface area contributed by atoms with Crippen molar-refractivity contribution in [2.75, 3.05) is 6.61 Å². The maximum atomic E-state index is 5.71. The summed E-state index contributed by atoms with van der Waals surface area (Å²) in [4.78, 5) is 9.21. The smallest absolute Gasteiger partial charge is 0.183 e. The van der Waals surface area contributed by atoms with Crippen LogP contribution in [-0.4, -0.2) is 16.6 Å². The molecule has 0 spiro atoms. The van der Waals surface area contributed by atoms with Crippen molar-refractivity contribution >= 4 is 22.9 Å². The van der Waals surface area contributed by atoms with Gasteiger partial charge in [-0.2, -0.15) is 0 Å². The van der Waals surface area contributed by atoms with Crippen molar-refractivity contribution in [2.45, 2.75) is 13.0 Å². The van der Waals surface area contributed by atoms with Gasteiger partial charge in [0.15, 0.2) is 4.47 Å². The molecule has 84 valence electrons. The lowest BCUT2D eigenvalue weighted by Crippen LogP contribution is -1.99. The standard InChI is InChI=1S/C11H11ClN2OS/c12-11-14-7-10(16-11)8-15-6-4-9-3-1-2-5-13-9/h1-3,5,7H,4,6,8H2. The number of thiazole rings is 1. The van der Waals surface area contributed by atoms with Crippen molar-refractivity contribution in [1.29, 1.82) is 0 Å². The summed E-state index contributed by atoms with van der Waals surface area (Å²) in [6, 6.07) is 5.88.